The van der Waals surface area contributed by atoms with E-state index in [2.05, 4.69) is 0 Å². The van der Waals surface area contributed by atoms with E-state index in [0.717, 1.165) is 12.4 Å². The Morgan fingerprint density at radius 3 is 2.67 bits per heavy atom. The van der Waals surface area contributed by atoms with E-state index in [4.69, 9.17) is 20.6 Å². The molecular weight excluding hydrogens is 228 g/mol. The number of nitrogen functional groups attached to an aromatic ring is 1. The molecular formula is C14H20N2O2. The van der Waals surface area contributed by atoms with Gasteiger partial charge in [-0.05, 0) is 37.0 Å². The number of amidine groups is 1. The maximum Gasteiger partial charge on any atom is 0.161 e. The number of rotatable bonds is 5. The van der Waals surface area contributed by atoms with Gasteiger partial charge in [0.1, 0.15) is 5.84 Å². The predicted molar refractivity (Wildman–Crippen MR) is 71.5 cm³/mol. The Morgan fingerprint density at radius 1 is 1.33 bits per heavy atom. The molecule has 0 radical (unpaired) electrons. The van der Waals surface area contributed by atoms with Gasteiger partial charge < -0.3 is 15.2 Å². The Morgan fingerprint density at radius 2 is 2.06 bits per heavy atom. The van der Waals surface area contributed by atoms with Crippen LogP contribution in [0, 0.1) is 11.3 Å². The van der Waals surface area contributed by atoms with Crippen LogP contribution < -0.4 is 15.2 Å². The molecule has 0 heterocycles. The van der Waals surface area contributed by atoms with Crippen LogP contribution in [0.1, 0.15) is 31.2 Å². The first kappa shape index (κ1) is 12.7. The van der Waals surface area contributed by atoms with Crippen molar-refractivity contribution in [3.63, 3.8) is 0 Å². The summed E-state index contributed by atoms with van der Waals surface area (Å²) in [5, 5.41) is 7.40. The Balaban J connectivity index is 2.04. The third kappa shape index (κ3) is 2.94. The molecule has 0 aliphatic heterocycles. The Hall–Kier alpha value is -1.71. The van der Waals surface area contributed by atoms with Crippen molar-refractivity contribution >= 4 is 5.84 Å². The SMILES string of the molecule is COc1cc(C(=N)N)ccc1OCC1CCCC1. The second-order valence-electron chi connectivity index (χ2n) is 4.74. The molecule has 0 amide bonds. The number of nitrogens with two attached hydrogens (primary N) is 1. The first-order valence-electron chi connectivity index (χ1n) is 6.36. The highest BCUT2D eigenvalue weighted by molar-refractivity contribution is 5.95. The molecule has 0 saturated heterocycles. The molecule has 1 aromatic rings. The zero-order valence-electron chi connectivity index (χ0n) is 10.7. The van der Waals surface area contributed by atoms with Crippen molar-refractivity contribution in [3.05, 3.63) is 23.8 Å². The lowest BCUT2D eigenvalue weighted by molar-refractivity contribution is 0.240. The van der Waals surface area contributed by atoms with E-state index in [1.165, 1.54) is 25.7 Å². The molecule has 0 spiro atoms. The van der Waals surface area contributed by atoms with E-state index in [9.17, 15) is 0 Å². The number of nitrogens with one attached hydrogen (secondary N) is 1. The normalized spacial score (nSPS) is 15.6. The number of hydrogen-bond acceptors (Lipinski definition) is 3. The molecule has 0 aromatic heterocycles. The molecule has 98 valence electrons. The number of ether oxygens (including phenoxy) is 2. The minimum atomic E-state index is 0.0376. The predicted octanol–water partition coefficient (Wildman–Crippen LogP) is 2.55. The molecule has 4 nitrogen and oxygen atoms in total. The van der Waals surface area contributed by atoms with Crippen molar-refractivity contribution in [2.24, 2.45) is 11.7 Å². The average molecular weight is 248 g/mol. The fraction of sp³-hybridized carbons (Fsp3) is 0.500. The van der Waals surface area contributed by atoms with Gasteiger partial charge in [0.25, 0.3) is 0 Å². The molecule has 3 N–H and O–H groups in total. The summed E-state index contributed by atoms with van der Waals surface area (Å²) in [4.78, 5) is 0. The number of hydrogen-bond donors (Lipinski definition) is 2. The summed E-state index contributed by atoms with van der Waals surface area (Å²) < 4.78 is 11.1. The number of benzene rings is 1. The summed E-state index contributed by atoms with van der Waals surface area (Å²) in [5.41, 5.74) is 6.10. The van der Waals surface area contributed by atoms with Crippen LogP contribution in [-0.2, 0) is 0 Å². The quantitative estimate of drug-likeness (QED) is 0.621. The summed E-state index contributed by atoms with van der Waals surface area (Å²) in [5.74, 6) is 2.08. The standard InChI is InChI=1S/C14H20N2O2/c1-17-13-8-11(14(15)16)6-7-12(13)18-9-10-4-2-3-5-10/h6-8,10H,2-5,9H2,1H3,(H3,15,16). The van der Waals surface area contributed by atoms with Crippen molar-refractivity contribution in [1.29, 1.82) is 5.41 Å². The van der Waals surface area contributed by atoms with Gasteiger partial charge in [-0.2, -0.15) is 0 Å². The fourth-order valence-electron chi connectivity index (χ4n) is 2.34. The molecule has 0 bridgehead atoms. The molecule has 1 aliphatic rings. The van der Waals surface area contributed by atoms with E-state index < -0.39 is 0 Å². The van der Waals surface area contributed by atoms with Crippen molar-refractivity contribution < 1.29 is 9.47 Å². The fourth-order valence-corrected chi connectivity index (χ4v) is 2.34. The molecule has 4 heteroatoms. The molecule has 1 aromatic carbocycles. The summed E-state index contributed by atoms with van der Waals surface area (Å²) >= 11 is 0. The maximum absolute atomic E-state index is 7.40. The van der Waals surface area contributed by atoms with Gasteiger partial charge in [0.15, 0.2) is 11.5 Å². The van der Waals surface area contributed by atoms with Crippen molar-refractivity contribution in [2.45, 2.75) is 25.7 Å². The Labute approximate surface area is 108 Å². The number of methoxy groups -OCH3 is 1. The van der Waals surface area contributed by atoms with Crippen LogP contribution in [0.25, 0.3) is 0 Å². The van der Waals surface area contributed by atoms with E-state index >= 15 is 0 Å². The first-order chi connectivity index (χ1) is 8.70. The highest BCUT2D eigenvalue weighted by Crippen LogP contribution is 2.30. The Bertz CT molecular complexity index is 426. The van der Waals surface area contributed by atoms with Crippen LogP contribution in [0.2, 0.25) is 0 Å². The van der Waals surface area contributed by atoms with E-state index in [1.54, 1.807) is 19.2 Å². The molecule has 0 unspecified atom stereocenters. The third-order valence-electron chi connectivity index (χ3n) is 3.42. The summed E-state index contributed by atoms with van der Waals surface area (Å²) in [6.45, 7) is 0.746. The third-order valence-corrected chi connectivity index (χ3v) is 3.42. The van der Waals surface area contributed by atoms with E-state index in [0.29, 0.717) is 17.2 Å². The second kappa shape index (κ2) is 5.76. The van der Waals surface area contributed by atoms with Gasteiger partial charge in [-0.15, -0.1) is 0 Å². The average Bonchev–Trinajstić information content (AvgIpc) is 2.89. The van der Waals surface area contributed by atoms with Crippen LogP contribution in [0.15, 0.2) is 18.2 Å². The van der Waals surface area contributed by atoms with Crippen LogP contribution in [0.4, 0.5) is 0 Å². The van der Waals surface area contributed by atoms with Crippen LogP contribution in [-0.4, -0.2) is 19.6 Å². The van der Waals surface area contributed by atoms with Crippen molar-refractivity contribution in [3.8, 4) is 11.5 Å². The van der Waals surface area contributed by atoms with E-state index in [-0.39, 0.29) is 5.84 Å². The van der Waals surface area contributed by atoms with Gasteiger partial charge in [0.05, 0.1) is 13.7 Å². The lowest BCUT2D eigenvalue weighted by Crippen LogP contribution is -2.12. The lowest BCUT2D eigenvalue weighted by atomic mass is 10.1. The molecule has 1 saturated carbocycles. The summed E-state index contributed by atoms with van der Waals surface area (Å²) in [6.07, 6.45) is 5.14. The highest BCUT2D eigenvalue weighted by Gasteiger charge is 2.16. The first-order valence-corrected chi connectivity index (χ1v) is 6.36. The van der Waals surface area contributed by atoms with Gasteiger partial charge in [-0.3, -0.25) is 5.41 Å². The highest BCUT2D eigenvalue weighted by atomic mass is 16.5. The molecule has 2 rings (SSSR count). The smallest absolute Gasteiger partial charge is 0.161 e. The minimum absolute atomic E-state index is 0.0376. The van der Waals surface area contributed by atoms with Gasteiger partial charge in [-0.25, -0.2) is 0 Å². The monoisotopic (exact) mass is 248 g/mol. The zero-order chi connectivity index (χ0) is 13.0. The molecule has 18 heavy (non-hydrogen) atoms. The zero-order valence-corrected chi connectivity index (χ0v) is 10.7. The van der Waals surface area contributed by atoms with E-state index in [1.807, 2.05) is 6.07 Å². The summed E-state index contributed by atoms with van der Waals surface area (Å²) in [7, 11) is 1.60. The Kier molecular flexibility index (Phi) is 4.07. The van der Waals surface area contributed by atoms with Crippen LogP contribution >= 0.6 is 0 Å². The van der Waals surface area contributed by atoms with Crippen molar-refractivity contribution in [2.75, 3.05) is 13.7 Å². The largest absolute Gasteiger partial charge is 0.493 e. The summed E-state index contributed by atoms with van der Waals surface area (Å²) in [6, 6.07) is 5.35. The van der Waals surface area contributed by atoms with Gasteiger partial charge in [-0.1, -0.05) is 12.8 Å². The second-order valence-corrected chi connectivity index (χ2v) is 4.74. The van der Waals surface area contributed by atoms with Crippen LogP contribution in [0.5, 0.6) is 11.5 Å². The molecule has 1 aliphatic carbocycles. The lowest BCUT2D eigenvalue weighted by Gasteiger charge is -2.14. The van der Waals surface area contributed by atoms with Gasteiger partial charge >= 0.3 is 0 Å². The van der Waals surface area contributed by atoms with Crippen LogP contribution in [0.3, 0.4) is 0 Å². The minimum Gasteiger partial charge on any atom is -0.493 e. The van der Waals surface area contributed by atoms with Crippen molar-refractivity contribution in [1.82, 2.24) is 0 Å². The topological polar surface area (TPSA) is 68.3 Å². The molecule has 0 atom stereocenters. The molecule has 1 fully saturated rings. The maximum atomic E-state index is 7.40. The van der Waals surface area contributed by atoms with Gasteiger partial charge in [0.2, 0.25) is 0 Å². The van der Waals surface area contributed by atoms with Gasteiger partial charge in [0, 0.05) is 5.56 Å².